The minimum atomic E-state index is 0.0220. The van der Waals surface area contributed by atoms with Crippen molar-refractivity contribution in [3.63, 3.8) is 0 Å². The van der Waals surface area contributed by atoms with Gasteiger partial charge in [0.25, 0.3) is 0 Å². The van der Waals surface area contributed by atoms with E-state index in [-0.39, 0.29) is 5.41 Å². The highest BCUT2D eigenvalue weighted by Gasteiger charge is 2.35. The highest BCUT2D eigenvalue weighted by atomic mass is 14.7. The van der Waals surface area contributed by atoms with Gasteiger partial charge < -0.3 is 0 Å². The minimum Gasteiger partial charge on any atom is -0.248 e. The molecule has 1 aliphatic rings. The van der Waals surface area contributed by atoms with E-state index in [1.807, 2.05) is 0 Å². The smallest absolute Gasteiger partial charge is 0.0718 e. The first-order valence-electron chi connectivity index (χ1n) is 16.1. The molecule has 0 unspecified atom stereocenters. The molecule has 0 N–H and O–H groups in total. The molecule has 1 heteroatoms. The lowest BCUT2D eigenvalue weighted by molar-refractivity contribution is 0.660. The SMILES string of the molecule is Cc1c(-c2ccc(-c3ccc4c(c3)-c3ccccc3C4(C)C)cc2)cccc1-c1cc(-c2ccccc2)cc(-c2ccccc2)n1. The quantitative estimate of drug-likeness (QED) is 0.195. The summed E-state index contributed by atoms with van der Waals surface area (Å²) in [5, 5.41) is 0. The van der Waals surface area contributed by atoms with Gasteiger partial charge in [0.05, 0.1) is 11.4 Å². The molecule has 1 aromatic heterocycles. The number of hydrogen-bond acceptors (Lipinski definition) is 1. The van der Waals surface area contributed by atoms with Crippen LogP contribution in [0.3, 0.4) is 0 Å². The van der Waals surface area contributed by atoms with Crippen LogP contribution in [0.25, 0.3) is 67.0 Å². The van der Waals surface area contributed by atoms with Gasteiger partial charge in [-0.25, -0.2) is 4.98 Å². The number of rotatable bonds is 5. The molecule has 46 heavy (non-hydrogen) atoms. The Kier molecular flexibility index (Phi) is 6.76. The lowest BCUT2D eigenvalue weighted by atomic mass is 9.82. The summed E-state index contributed by atoms with van der Waals surface area (Å²) >= 11 is 0. The lowest BCUT2D eigenvalue weighted by Crippen LogP contribution is -2.14. The molecule has 0 bridgehead atoms. The fraction of sp³-hybridized carbons (Fsp3) is 0.0889. The van der Waals surface area contributed by atoms with Crippen LogP contribution in [0.2, 0.25) is 0 Å². The van der Waals surface area contributed by atoms with Crippen LogP contribution < -0.4 is 0 Å². The first kappa shape index (κ1) is 28.0. The van der Waals surface area contributed by atoms with Crippen molar-refractivity contribution >= 4 is 0 Å². The molecular formula is C45H35N. The third kappa shape index (κ3) is 4.76. The minimum absolute atomic E-state index is 0.0220. The number of hydrogen-bond donors (Lipinski definition) is 0. The van der Waals surface area contributed by atoms with Crippen LogP contribution in [0.15, 0.2) is 158 Å². The van der Waals surface area contributed by atoms with E-state index in [1.54, 1.807) is 0 Å². The van der Waals surface area contributed by atoms with Crippen LogP contribution in [-0.2, 0) is 5.41 Å². The topological polar surface area (TPSA) is 12.9 Å². The molecule has 0 spiro atoms. The highest BCUT2D eigenvalue weighted by molar-refractivity contribution is 5.86. The van der Waals surface area contributed by atoms with Crippen molar-refractivity contribution in [1.29, 1.82) is 0 Å². The van der Waals surface area contributed by atoms with Crippen LogP contribution in [0.1, 0.15) is 30.5 Å². The highest BCUT2D eigenvalue weighted by Crippen LogP contribution is 2.49. The zero-order valence-corrected chi connectivity index (χ0v) is 26.5. The van der Waals surface area contributed by atoms with E-state index >= 15 is 0 Å². The zero-order chi connectivity index (χ0) is 31.3. The summed E-state index contributed by atoms with van der Waals surface area (Å²) in [6.07, 6.45) is 0. The van der Waals surface area contributed by atoms with Crippen molar-refractivity contribution in [3.05, 3.63) is 174 Å². The Bertz CT molecular complexity index is 2150. The van der Waals surface area contributed by atoms with Gasteiger partial charge in [0.2, 0.25) is 0 Å². The van der Waals surface area contributed by atoms with E-state index in [1.165, 1.54) is 61.2 Å². The maximum atomic E-state index is 5.20. The van der Waals surface area contributed by atoms with Crippen LogP contribution in [0.4, 0.5) is 0 Å². The number of fused-ring (bicyclic) bond motifs is 3. The second-order valence-corrected chi connectivity index (χ2v) is 12.8. The summed E-state index contributed by atoms with van der Waals surface area (Å²) in [4.78, 5) is 5.20. The van der Waals surface area contributed by atoms with Crippen molar-refractivity contribution in [3.8, 4) is 67.0 Å². The Morgan fingerprint density at radius 2 is 0.913 bits per heavy atom. The fourth-order valence-corrected chi connectivity index (χ4v) is 7.19. The molecule has 0 aliphatic heterocycles. The van der Waals surface area contributed by atoms with Gasteiger partial charge in [0.15, 0.2) is 0 Å². The van der Waals surface area contributed by atoms with Crippen LogP contribution in [-0.4, -0.2) is 4.98 Å². The number of aromatic nitrogens is 1. The summed E-state index contributed by atoms with van der Waals surface area (Å²) in [7, 11) is 0. The summed E-state index contributed by atoms with van der Waals surface area (Å²) in [5.74, 6) is 0. The summed E-state index contributed by atoms with van der Waals surface area (Å²) in [5.41, 5.74) is 18.3. The molecule has 0 atom stereocenters. The molecule has 7 aromatic rings. The average molecular weight is 590 g/mol. The van der Waals surface area contributed by atoms with E-state index in [0.29, 0.717) is 0 Å². The zero-order valence-electron chi connectivity index (χ0n) is 26.5. The Morgan fingerprint density at radius 1 is 0.370 bits per heavy atom. The standard InChI is InChI=1S/C45H35N/c1-30-37(33-23-21-32(22-24-33)35-25-26-42-40(27-35)39-17-10-11-20-41(39)45(42,2)3)18-12-19-38(30)44-29-36(31-13-6-4-7-14-31)28-43(46-44)34-15-8-5-9-16-34/h4-29H,1-3H3. The normalized spacial score (nSPS) is 12.8. The second-order valence-electron chi connectivity index (χ2n) is 12.8. The van der Waals surface area contributed by atoms with Gasteiger partial charge in [-0.2, -0.15) is 0 Å². The first-order valence-corrected chi connectivity index (χ1v) is 16.1. The molecule has 1 nitrogen and oxygen atoms in total. The van der Waals surface area contributed by atoms with Gasteiger partial charge in [0.1, 0.15) is 0 Å². The van der Waals surface area contributed by atoms with Gasteiger partial charge in [-0.3, -0.25) is 0 Å². The van der Waals surface area contributed by atoms with Crippen molar-refractivity contribution < 1.29 is 0 Å². The second kappa shape index (κ2) is 11.1. The maximum Gasteiger partial charge on any atom is 0.0718 e. The Labute approximate surface area is 271 Å². The van der Waals surface area contributed by atoms with Crippen molar-refractivity contribution in [2.24, 2.45) is 0 Å². The van der Waals surface area contributed by atoms with Crippen molar-refractivity contribution in [2.45, 2.75) is 26.2 Å². The van der Waals surface area contributed by atoms with Gasteiger partial charge in [0, 0.05) is 16.5 Å². The van der Waals surface area contributed by atoms with Crippen molar-refractivity contribution in [2.75, 3.05) is 0 Å². The summed E-state index contributed by atoms with van der Waals surface area (Å²) < 4.78 is 0. The fourth-order valence-electron chi connectivity index (χ4n) is 7.19. The molecule has 0 saturated heterocycles. The summed E-state index contributed by atoms with van der Waals surface area (Å²) in [6.45, 7) is 6.88. The monoisotopic (exact) mass is 589 g/mol. The maximum absolute atomic E-state index is 5.20. The molecule has 0 amide bonds. The molecule has 0 saturated carbocycles. The summed E-state index contributed by atoms with van der Waals surface area (Å²) in [6, 6.07) is 56.9. The Morgan fingerprint density at radius 3 is 1.67 bits per heavy atom. The predicted octanol–water partition coefficient (Wildman–Crippen LogP) is 12.0. The molecular weight excluding hydrogens is 555 g/mol. The Hall–Kier alpha value is -5.53. The number of benzene rings is 6. The van der Waals surface area contributed by atoms with Gasteiger partial charge >= 0.3 is 0 Å². The number of pyridine rings is 1. The molecule has 8 rings (SSSR count). The lowest BCUT2D eigenvalue weighted by Gasteiger charge is -2.21. The van der Waals surface area contributed by atoms with Gasteiger partial charge in [-0.15, -0.1) is 0 Å². The molecule has 1 heterocycles. The third-order valence-corrected chi connectivity index (χ3v) is 9.72. The average Bonchev–Trinajstić information content (AvgIpc) is 3.34. The molecule has 0 radical (unpaired) electrons. The van der Waals surface area contributed by atoms with Crippen LogP contribution in [0.5, 0.6) is 0 Å². The van der Waals surface area contributed by atoms with E-state index in [4.69, 9.17) is 4.98 Å². The molecule has 1 aliphatic carbocycles. The van der Waals surface area contributed by atoms with E-state index < -0.39 is 0 Å². The largest absolute Gasteiger partial charge is 0.248 e. The van der Waals surface area contributed by atoms with E-state index in [2.05, 4.69) is 178 Å². The molecule has 6 aromatic carbocycles. The van der Waals surface area contributed by atoms with Gasteiger partial charge in [-0.1, -0.05) is 153 Å². The Balaban J connectivity index is 1.17. The molecule has 0 fully saturated rings. The van der Waals surface area contributed by atoms with Crippen molar-refractivity contribution in [1.82, 2.24) is 4.98 Å². The number of nitrogens with zero attached hydrogens (tertiary/aromatic N) is 1. The van der Waals surface area contributed by atoms with E-state index in [9.17, 15) is 0 Å². The molecule has 220 valence electrons. The van der Waals surface area contributed by atoms with Crippen LogP contribution in [0, 0.1) is 6.92 Å². The van der Waals surface area contributed by atoms with Gasteiger partial charge in [-0.05, 0) is 86.3 Å². The van der Waals surface area contributed by atoms with E-state index in [0.717, 1.165) is 22.5 Å². The third-order valence-electron chi connectivity index (χ3n) is 9.72. The van der Waals surface area contributed by atoms with Crippen LogP contribution >= 0.6 is 0 Å². The predicted molar refractivity (Wildman–Crippen MR) is 194 cm³/mol. The first-order chi connectivity index (χ1) is 22.5.